The van der Waals surface area contributed by atoms with E-state index >= 15 is 0 Å². The van der Waals surface area contributed by atoms with Crippen molar-refractivity contribution in [2.24, 2.45) is 0 Å². The third-order valence-corrected chi connectivity index (χ3v) is 3.92. The summed E-state index contributed by atoms with van der Waals surface area (Å²) in [6.07, 6.45) is 4.75. The van der Waals surface area contributed by atoms with Crippen LogP contribution in [0.1, 0.15) is 25.5 Å². The zero-order chi connectivity index (χ0) is 13.9. The zero-order valence-electron chi connectivity index (χ0n) is 11.5. The number of rotatable bonds is 5. The van der Waals surface area contributed by atoms with Gasteiger partial charge in [-0.15, -0.1) is 0 Å². The van der Waals surface area contributed by atoms with Gasteiger partial charge in [-0.2, -0.15) is 0 Å². The van der Waals surface area contributed by atoms with Crippen LogP contribution in [0, 0.1) is 0 Å². The van der Waals surface area contributed by atoms with Gasteiger partial charge in [0.05, 0.1) is 0 Å². The van der Waals surface area contributed by atoms with Gasteiger partial charge in [0.15, 0.2) is 0 Å². The van der Waals surface area contributed by atoms with E-state index in [1.165, 1.54) is 18.4 Å². The lowest BCUT2D eigenvalue weighted by Crippen LogP contribution is -2.18. The molecule has 1 aliphatic carbocycles. The maximum absolute atomic E-state index is 5.88. The fourth-order valence-corrected chi connectivity index (χ4v) is 2.35. The summed E-state index contributed by atoms with van der Waals surface area (Å²) in [5, 5.41) is 3.51. The third-order valence-electron chi connectivity index (χ3n) is 3.39. The van der Waals surface area contributed by atoms with E-state index in [1.54, 1.807) is 0 Å². The van der Waals surface area contributed by atoms with Crippen molar-refractivity contribution in [2.45, 2.75) is 25.8 Å². The van der Waals surface area contributed by atoms with Gasteiger partial charge in [-0.25, -0.2) is 0 Å². The molecule has 1 fully saturated rings. The molecule has 0 unspecified atom stereocenters. The van der Waals surface area contributed by atoms with E-state index in [1.807, 2.05) is 24.3 Å². The quantitative estimate of drug-likeness (QED) is 0.845. The minimum atomic E-state index is 0.744. The Morgan fingerprint density at radius 2 is 2.00 bits per heavy atom. The van der Waals surface area contributed by atoms with E-state index in [4.69, 9.17) is 4.42 Å². The van der Waals surface area contributed by atoms with Crippen LogP contribution in [0.4, 0.5) is 0 Å². The van der Waals surface area contributed by atoms with Crippen LogP contribution < -0.4 is 5.32 Å². The van der Waals surface area contributed by atoms with Gasteiger partial charge in [0.25, 0.3) is 0 Å². The van der Waals surface area contributed by atoms with Gasteiger partial charge in [0, 0.05) is 22.6 Å². The second-order valence-corrected chi connectivity index (χ2v) is 6.27. The maximum atomic E-state index is 5.88. The minimum Gasteiger partial charge on any atom is -0.457 e. The molecule has 0 amide bonds. The summed E-state index contributed by atoms with van der Waals surface area (Å²) in [6, 6.07) is 13.0. The van der Waals surface area contributed by atoms with E-state index in [0.717, 1.165) is 34.1 Å². The first kappa shape index (κ1) is 13.7. The Morgan fingerprint density at radius 3 is 2.70 bits per heavy atom. The molecule has 0 aliphatic heterocycles. The molecule has 0 saturated heterocycles. The zero-order valence-corrected chi connectivity index (χ0v) is 13.1. The lowest BCUT2D eigenvalue weighted by Gasteiger charge is -2.01. The topological polar surface area (TPSA) is 25.2 Å². The van der Waals surface area contributed by atoms with E-state index in [-0.39, 0.29) is 0 Å². The molecule has 3 rings (SSSR count). The minimum absolute atomic E-state index is 0.744. The number of halogens is 1. The predicted molar refractivity (Wildman–Crippen MR) is 86.5 cm³/mol. The first-order valence-corrected chi connectivity index (χ1v) is 7.76. The number of furan rings is 1. The van der Waals surface area contributed by atoms with Crippen molar-refractivity contribution in [2.75, 3.05) is 6.54 Å². The SMILES string of the molecule is CC(=Cc1ccc(-c2ccc(Br)cc2)o1)CNC1CC1. The van der Waals surface area contributed by atoms with Crippen LogP contribution >= 0.6 is 15.9 Å². The summed E-state index contributed by atoms with van der Waals surface area (Å²) in [7, 11) is 0. The summed E-state index contributed by atoms with van der Waals surface area (Å²) in [4.78, 5) is 0. The van der Waals surface area contributed by atoms with Crippen molar-refractivity contribution in [1.29, 1.82) is 0 Å². The van der Waals surface area contributed by atoms with Crippen LogP contribution in [-0.4, -0.2) is 12.6 Å². The van der Waals surface area contributed by atoms with Gasteiger partial charge >= 0.3 is 0 Å². The molecule has 0 bridgehead atoms. The maximum Gasteiger partial charge on any atom is 0.134 e. The molecular formula is C17H18BrNO. The second kappa shape index (κ2) is 5.98. The molecule has 20 heavy (non-hydrogen) atoms. The monoisotopic (exact) mass is 331 g/mol. The fourth-order valence-electron chi connectivity index (χ4n) is 2.09. The molecule has 1 aromatic heterocycles. The summed E-state index contributed by atoms with van der Waals surface area (Å²) in [5.74, 6) is 1.82. The molecule has 1 N–H and O–H groups in total. The molecule has 2 aromatic rings. The van der Waals surface area contributed by atoms with Gasteiger partial charge in [0.2, 0.25) is 0 Å². The largest absolute Gasteiger partial charge is 0.457 e. The molecule has 1 aliphatic rings. The number of nitrogens with one attached hydrogen (secondary N) is 1. The average molecular weight is 332 g/mol. The molecule has 0 spiro atoms. The van der Waals surface area contributed by atoms with Gasteiger partial charge in [0.1, 0.15) is 11.5 Å². The molecule has 1 saturated carbocycles. The van der Waals surface area contributed by atoms with Crippen LogP contribution in [0.3, 0.4) is 0 Å². The highest BCUT2D eigenvalue weighted by atomic mass is 79.9. The van der Waals surface area contributed by atoms with Crippen molar-refractivity contribution < 1.29 is 4.42 Å². The number of hydrogen-bond acceptors (Lipinski definition) is 2. The first-order valence-electron chi connectivity index (χ1n) is 6.97. The summed E-state index contributed by atoms with van der Waals surface area (Å²) >= 11 is 3.44. The Labute approximate surface area is 128 Å². The van der Waals surface area contributed by atoms with Gasteiger partial charge < -0.3 is 9.73 Å². The van der Waals surface area contributed by atoms with Crippen molar-refractivity contribution in [3.05, 3.63) is 52.2 Å². The van der Waals surface area contributed by atoms with Crippen molar-refractivity contribution in [3.63, 3.8) is 0 Å². The number of benzene rings is 1. The second-order valence-electron chi connectivity index (χ2n) is 5.35. The van der Waals surface area contributed by atoms with Crippen LogP contribution in [0.25, 0.3) is 17.4 Å². The Kier molecular flexibility index (Phi) is 4.08. The van der Waals surface area contributed by atoms with Crippen LogP contribution in [-0.2, 0) is 0 Å². The molecule has 0 radical (unpaired) electrons. The summed E-state index contributed by atoms with van der Waals surface area (Å²) in [5.41, 5.74) is 2.40. The van der Waals surface area contributed by atoms with Crippen LogP contribution in [0.2, 0.25) is 0 Å². The molecule has 2 nitrogen and oxygen atoms in total. The van der Waals surface area contributed by atoms with Crippen molar-refractivity contribution in [3.8, 4) is 11.3 Å². The molecule has 1 aromatic carbocycles. The van der Waals surface area contributed by atoms with Crippen molar-refractivity contribution >= 4 is 22.0 Å². The summed E-state index contributed by atoms with van der Waals surface area (Å²) in [6.45, 7) is 3.08. The lowest BCUT2D eigenvalue weighted by atomic mass is 10.2. The van der Waals surface area contributed by atoms with E-state index < -0.39 is 0 Å². The Bertz CT molecular complexity index is 608. The normalized spacial score (nSPS) is 15.6. The Balaban J connectivity index is 1.69. The van der Waals surface area contributed by atoms with Gasteiger partial charge in [-0.05, 0) is 50.1 Å². The molecule has 1 heterocycles. The van der Waals surface area contributed by atoms with Gasteiger partial charge in [-0.1, -0.05) is 33.6 Å². The lowest BCUT2D eigenvalue weighted by molar-refractivity contribution is 0.571. The highest BCUT2D eigenvalue weighted by molar-refractivity contribution is 9.10. The average Bonchev–Trinajstić information content (AvgIpc) is 3.16. The molecule has 3 heteroatoms. The van der Waals surface area contributed by atoms with Crippen LogP contribution in [0.5, 0.6) is 0 Å². The third kappa shape index (κ3) is 3.62. The highest BCUT2D eigenvalue weighted by Gasteiger charge is 2.19. The summed E-state index contributed by atoms with van der Waals surface area (Å²) < 4.78 is 6.96. The van der Waals surface area contributed by atoms with E-state index in [0.29, 0.717) is 0 Å². The standard InChI is InChI=1S/C17H18BrNO/c1-12(11-19-15-6-7-15)10-16-8-9-17(20-16)13-2-4-14(18)5-3-13/h2-5,8-10,15,19H,6-7,11H2,1H3. The Hall–Kier alpha value is -1.32. The molecule has 0 atom stereocenters. The van der Waals surface area contributed by atoms with Gasteiger partial charge in [-0.3, -0.25) is 0 Å². The Morgan fingerprint density at radius 1 is 1.25 bits per heavy atom. The van der Waals surface area contributed by atoms with Crippen LogP contribution in [0.15, 0.2) is 50.9 Å². The fraction of sp³-hybridized carbons (Fsp3) is 0.294. The molecular weight excluding hydrogens is 314 g/mol. The van der Waals surface area contributed by atoms with Crippen molar-refractivity contribution in [1.82, 2.24) is 5.32 Å². The smallest absolute Gasteiger partial charge is 0.134 e. The molecule has 104 valence electrons. The predicted octanol–water partition coefficient (Wildman–Crippen LogP) is 4.86. The van der Waals surface area contributed by atoms with E-state index in [9.17, 15) is 0 Å². The highest BCUT2D eigenvalue weighted by Crippen LogP contribution is 2.25. The first-order chi connectivity index (χ1) is 9.70. The van der Waals surface area contributed by atoms with E-state index in [2.05, 4.69) is 46.4 Å². The number of hydrogen-bond donors (Lipinski definition) is 1.